The van der Waals surface area contributed by atoms with Gasteiger partial charge in [0, 0.05) is 13.7 Å². The standard InChI is InChI=1S/C13H21N3O2/c1-17-9-11-14-12(18-15-11)8-16-7-6-13(10-16)4-2-3-5-13/h2-10H2,1H3. The summed E-state index contributed by atoms with van der Waals surface area (Å²) in [5, 5.41) is 3.90. The summed E-state index contributed by atoms with van der Waals surface area (Å²) in [5.41, 5.74) is 0.607. The van der Waals surface area contributed by atoms with Crippen molar-refractivity contribution < 1.29 is 9.26 Å². The van der Waals surface area contributed by atoms with Crippen molar-refractivity contribution in [3.63, 3.8) is 0 Å². The lowest BCUT2D eigenvalue weighted by Crippen LogP contribution is -2.24. The molecule has 100 valence electrons. The van der Waals surface area contributed by atoms with E-state index < -0.39 is 0 Å². The van der Waals surface area contributed by atoms with E-state index in [0.29, 0.717) is 17.8 Å². The molecule has 5 nitrogen and oxygen atoms in total. The van der Waals surface area contributed by atoms with E-state index >= 15 is 0 Å². The van der Waals surface area contributed by atoms with E-state index in [-0.39, 0.29) is 0 Å². The predicted octanol–water partition coefficient (Wildman–Crippen LogP) is 1.98. The van der Waals surface area contributed by atoms with E-state index in [2.05, 4.69) is 15.0 Å². The average molecular weight is 251 g/mol. The lowest BCUT2D eigenvalue weighted by atomic mass is 9.86. The molecule has 1 saturated heterocycles. The first kappa shape index (κ1) is 12.1. The second-order valence-electron chi connectivity index (χ2n) is 5.71. The zero-order chi connectivity index (χ0) is 12.4. The summed E-state index contributed by atoms with van der Waals surface area (Å²) >= 11 is 0. The van der Waals surface area contributed by atoms with Crippen LogP contribution in [-0.2, 0) is 17.9 Å². The highest BCUT2D eigenvalue weighted by Crippen LogP contribution is 2.45. The minimum atomic E-state index is 0.424. The Bertz CT molecular complexity index is 399. The Morgan fingerprint density at radius 3 is 2.94 bits per heavy atom. The van der Waals surface area contributed by atoms with Crippen molar-refractivity contribution in [3.8, 4) is 0 Å². The molecule has 1 spiro atoms. The largest absolute Gasteiger partial charge is 0.377 e. The summed E-state index contributed by atoms with van der Waals surface area (Å²) < 4.78 is 10.2. The minimum Gasteiger partial charge on any atom is -0.377 e. The Morgan fingerprint density at radius 1 is 1.33 bits per heavy atom. The van der Waals surface area contributed by atoms with Crippen LogP contribution < -0.4 is 0 Å². The van der Waals surface area contributed by atoms with Crippen molar-refractivity contribution in [2.45, 2.75) is 45.3 Å². The van der Waals surface area contributed by atoms with Gasteiger partial charge >= 0.3 is 0 Å². The quantitative estimate of drug-likeness (QED) is 0.819. The third-order valence-electron chi connectivity index (χ3n) is 4.32. The molecule has 2 fully saturated rings. The van der Waals surface area contributed by atoms with Gasteiger partial charge in [-0.2, -0.15) is 4.98 Å². The molecule has 0 N–H and O–H groups in total. The maximum atomic E-state index is 5.25. The van der Waals surface area contributed by atoms with Crippen LogP contribution in [0.5, 0.6) is 0 Å². The fourth-order valence-electron chi connectivity index (χ4n) is 3.43. The van der Waals surface area contributed by atoms with Gasteiger partial charge in [0.15, 0.2) is 5.82 Å². The van der Waals surface area contributed by atoms with E-state index in [1.54, 1.807) is 7.11 Å². The average Bonchev–Trinajstić information content (AvgIpc) is 3.06. The number of methoxy groups -OCH3 is 1. The first-order valence-corrected chi connectivity index (χ1v) is 6.82. The predicted molar refractivity (Wildman–Crippen MR) is 65.8 cm³/mol. The van der Waals surface area contributed by atoms with Crippen molar-refractivity contribution in [1.82, 2.24) is 15.0 Å². The molecule has 0 atom stereocenters. The van der Waals surface area contributed by atoms with E-state index in [9.17, 15) is 0 Å². The van der Waals surface area contributed by atoms with E-state index in [1.807, 2.05) is 0 Å². The first-order valence-electron chi connectivity index (χ1n) is 6.82. The molecule has 0 bridgehead atoms. The van der Waals surface area contributed by atoms with Crippen LogP contribution >= 0.6 is 0 Å². The molecule has 2 heterocycles. The van der Waals surface area contributed by atoms with Gasteiger partial charge in [-0.25, -0.2) is 0 Å². The highest BCUT2D eigenvalue weighted by atomic mass is 16.5. The molecule has 1 aromatic rings. The number of hydrogen-bond acceptors (Lipinski definition) is 5. The normalized spacial score (nSPS) is 23.2. The molecule has 3 rings (SSSR count). The third kappa shape index (κ3) is 2.42. The van der Waals surface area contributed by atoms with Crippen LogP contribution in [0.15, 0.2) is 4.52 Å². The molecule has 0 unspecified atom stereocenters. The highest BCUT2D eigenvalue weighted by Gasteiger charge is 2.40. The van der Waals surface area contributed by atoms with Crippen molar-refractivity contribution in [2.24, 2.45) is 5.41 Å². The smallest absolute Gasteiger partial charge is 0.240 e. The Hall–Kier alpha value is -0.940. The summed E-state index contributed by atoms with van der Waals surface area (Å²) in [4.78, 5) is 6.79. The van der Waals surface area contributed by atoms with Crippen molar-refractivity contribution in [2.75, 3.05) is 20.2 Å². The molecule has 2 aliphatic rings. The van der Waals surface area contributed by atoms with Gasteiger partial charge in [0.25, 0.3) is 0 Å². The number of hydrogen-bond donors (Lipinski definition) is 0. The summed E-state index contributed by atoms with van der Waals surface area (Å²) in [6.45, 7) is 3.59. The second kappa shape index (κ2) is 4.97. The molecule has 0 aromatic carbocycles. The molecule has 5 heteroatoms. The van der Waals surface area contributed by atoms with Crippen LogP contribution in [0.25, 0.3) is 0 Å². The van der Waals surface area contributed by atoms with E-state index in [0.717, 1.165) is 12.4 Å². The van der Waals surface area contributed by atoms with E-state index in [4.69, 9.17) is 9.26 Å². The van der Waals surface area contributed by atoms with Crippen molar-refractivity contribution in [1.29, 1.82) is 0 Å². The number of aromatic nitrogens is 2. The van der Waals surface area contributed by atoms with Gasteiger partial charge in [0.1, 0.15) is 6.61 Å². The number of likely N-dealkylation sites (tertiary alicyclic amines) is 1. The van der Waals surface area contributed by atoms with Gasteiger partial charge in [0.05, 0.1) is 6.54 Å². The van der Waals surface area contributed by atoms with E-state index in [1.165, 1.54) is 45.2 Å². The minimum absolute atomic E-state index is 0.424. The Kier molecular flexibility index (Phi) is 3.35. The van der Waals surface area contributed by atoms with Gasteiger partial charge in [-0.15, -0.1) is 0 Å². The van der Waals surface area contributed by atoms with Gasteiger partial charge in [-0.3, -0.25) is 4.90 Å². The summed E-state index contributed by atoms with van der Waals surface area (Å²) in [7, 11) is 1.64. The SMILES string of the molecule is COCc1noc(CN2CCC3(CCCC3)C2)n1. The van der Waals surface area contributed by atoms with Gasteiger partial charge in [0.2, 0.25) is 5.89 Å². The fraction of sp³-hybridized carbons (Fsp3) is 0.846. The van der Waals surface area contributed by atoms with Crippen LogP contribution in [0.4, 0.5) is 0 Å². The lowest BCUT2D eigenvalue weighted by molar-refractivity contribution is 0.174. The molecule has 1 saturated carbocycles. The number of rotatable bonds is 4. The summed E-state index contributed by atoms with van der Waals surface area (Å²) in [6.07, 6.45) is 6.97. The molecule has 18 heavy (non-hydrogen) atoms. The van der Waals surface area contributed by atoms with Crippen LogP contribution in [0.2, 0.25) is 0 Å². The van der Waals surface area contributed by atoms with Gasteiger partial charge in [-0.05, 0) is 31.2 Å². The maximum absolute atomic E-state index is 5.25. The van der Waals surface area contributed by atoms with Crippen LogP contribution in [0.1, 0.15) is 43.8 Å². The molecular weight excluding hydrogens is 230 g/mol. The first-order chi connectivity index (χ1) is 8.80. The number of ether oxygens (including phenoxy) is 1. The topological polar surface area (TPSA) is 51.4 Å². The lowest BCUT2D eigenvalue weighted by Gasteiger charge is -2.22. The zero-order valence-electron chi connectivity index (χ0n) is 11.0. The molecule has 1 aliphatic heterocycles. The second-order valence-corrected chi connectivity index (χ2v) is 5.71. The maximum Gasteiger partial charge on any atom is 0.240 e. The van der Waals surface area contributed by atoms with Crippen molar-refractivity contribution in [3.05, 3.63) is 11.7 Å². The third-order valence-corrected chi connectivity index (χ3v) is 4.32. The highest BCUT2D eigenvalue weighted by molar-refractivity contribution is 4.95. The molecule has 1 aromatic heterocycles. The Morgan fingerprint density at radius 2 is 2.17 bits per heavy atom. The fourth-order valence-corrected chi connectivity index (χ4v) is 3.43. The molecule has 0 amide bonds. The molecular formula is C13H21N3O2. The van der Waals surface area contributed by atoms with Gasteiger partial charge in [-0.1, -0.05) is 18.0 Å². The summed E-state index contributed by atoms with van der Waals surface area (Å²) in [6, 6.07) is 0. The molecule has 1 aliphatic carbocycles. The Balaban J connectivity index is 1.56. The summed E-state index contributed by atoms with van der Waals surface area (Å²) in [5.74, 6) is 1.36. The molecule has 0 radical (unpaired) electrons. The monoisotopic (exact) mass is 251 g/mol. The zero-order valence-corrected chi connectivity index (χ0v) is 11.0. The Labute approximate surface area is 107 Å². The van der Waals surface area contributed by atoms with Crippen LogP contribution in [-0.4, -0.2) is 35.2 Å². The van der Waals surface area contributed by atoms with Crippen molar-refractivity contribution >= 4 is 0 Å². The van der Waals surface area contributed by atoms with Crippen LogP contribution in [0, 0.1) is 5.41 Å². The van der Waals surface area contributed by atoms with Crippen LogP contribution in [0.3, 0.4) is 0 Å². The van der Waals surface area contributed by atoms with Gasteiger partial charge < -0.3 is 9.26 Å². The number of nitrogens with zero attached hydrogens (tertiary/aromatic N) is 3.